The molecule has 0 fully saturated rings. The molecule has 0 aliphatic heterocycles. The monoisotopic (exact) mass is 364 g/mol. The molecular weight excluding hydrogens is 353 g/mol. The predicted molar refractivity (Wildman–Crippen MR) is 97.1 cm³/mol. The van der Waals surface area contributed by atoms with E-state index in [9.17, 15) is 0 Å². The number of halogens is 1. The first-order chi connectivity index (χ1) is 11.3. The number of rotatable bonds is 3. The van der Waals surface area contributed by atoms with Crippen molar-refractivity contribution < 1.29 is 9.68 Å². The molecular formula is C18H12BBrNO2. The smallest absolute Gasteiger partial charge is 0.537 e. The highest BCUT2D eigenvalue weighted by Gasteiger charge is 2.14. The number of hydrogen-bond donors (Lipinski definition) is 1. The molecule has 1 aromatic heterocycles. The van der Waals surface area contributed by atoms with Crippen molar-refractivity contribution >= 4 is 45.4 Å². The van der Waals surface area contributed by atoms with Gasteiger partial charge in [-0.2, -0.15) is 0 Å². The average Bonchev–Trinajstić information content (AvgIpc) is 2.90. The third-order valence-corrected chi connectivity index (χ3v) is 4.54. The predicted octanol–water partition coefficient (Wildman–Crippen LogP) is 4.45. The van der Waals surface area contributed by atoms with Crippen molar-refractivity contribution in [2.24, 2.45) is 0 Å². The highest BCUT2D eigenvalue weighted by Crippen LogP contribution is 2.37. The fraction of sp³-hybridized carbons (Fsp3) is 0. The van der Waals surface area contributed by atoms with E-state index in [1.54, 1.807) is 0 Å². The zero-order valence-corrected chi connectivity index (χ0v) is 13.7. The van der Waals surface area contributed by atoms with Gasteiger partial charge in [-0.05, 0) is 40.2 Å². The largest absolute Gasteiger partial charge is 0.569 e. The molecule has 3 aromatic carbocycles. The van der Waals surface area contributed by atoms with E-state index in [1.807, 2.05) is 42.5 Å². The molecule has 1 N–H and O–H groups in total. The van der Waals surface area contributed by atoms with E-state index in [-0.39, 0.29) is 0 Å². The van der Waals surface area contributed by atoms with E-state index in [4.69, 9.17) is 9.68 Å². The Morgan fingerprint density at radius 2 is 1.61 bits per heavy atom. The Balaban J connectivity index is 2.14. The van der Waals surface area contributed by atoms with Crippen LogP contribution >= 0.6 is 15.9 Å². The van der Waals surface area contributed by atoms with Crippen molar-refractivity contribution in [3.63, 3.8) is 0 Å². The maximum absolute atomic E-state index is 8.97. The Kier molecular flexibility index (Phi) is 3.60. The van der Waals surface area contributed by atoms with Crippen LogP contribution in [-0.4, -0.2) is 17.3 Å². The van der Waals surface area contributed by atoms with Crippen LogP contribution in [0.15, 0.2) is 71.2 Å². The van der Waals surface area contributed by atoms with E-state index < -0.39 is 0 Å². The van der Waals surface area contributed by atoms with Gasteiger partial charge in [0.25, 0.3) is 0 Å². The standard InChI is InChI=1S/C18H12BBrNO2/c20-15-10-14-13-8-4-5-9-16(13)21(12-6-2-1-3-7-12)17(14)11-18(15)23-19-22/h1-11,22H. The summed E-state index contributed by atoms with van der Waals surface area (Å²) in [6.45, 7) is 0. The summed E-state index contributed by atoms with van der Waals surface area (Å²) >= 11 is 3.50. The lowest BCUT2D eigenvalue weighted by atomic mass is 10.1. The first-order valence-electron chi connectivity index (χ1n) is 7.20. The first kappa shape index (κ1) is 14.4. The Morgan fingerprint density at radius 1 is 0.870 bits per heavy atom. The fourth-order valence-corrected chi connectivity index (χ4v) is 3.41. The number of fused-ring (bicyclic) bond motifs is 3. The molecule has 0 unspecified atom stereocenters. The van der Waals surface area contributed by atoms with Gasteiger partial charge in [-0.25, -0.2) is 0 Å². The quantitative estimate of drug-likeness (QED) is 0.545. The van der Waals surface area contributed by atoms with Crippen molar-refractivity contribution in [1.82, 2.24) is 4.57 Å². The van der Waals surface area contributed by atoms with Crippen LogP contribution < -0.4 is 4.65 Å². The van der Waals surface area contributed by atoms with Gasteiger partial charge in [0, 0.05) is 22.5 Å². The van der Waals surface area contributed by atoms with Gasteiger partial charge in [0.1, 0.15) is 5.75 Å². The minimum atomic E-state index is 0.569. The number of benzene rings is 3. The van der Waals surface area contributed by atoms with Gasteiger partial charge in [-0.3, -0.25) is 0 Å². The number of nitrogens with zero attached hydrogens (tertiary/aromatic N) is 1. The molecule has 0 amide bonds. The molecule has 0 aliphatic rings. The van der Waals surface area contributed by atoms with Crippen LogP contribution in [0.25, 0.3) is 27.5 Å². The Labute approximate surface area is 142 Å². The zero-order chi connectivity index (χ0) is 15.8. The molecule has 1 radical (unpaired) electrons. The molecule has 1 heterocycles. The second kappa shape index (κ2) is 5.76. The molecule has 4 rings (SSSR count). The lowest BCUT2D eigenvalue weighted by Crippen LogP contribution is -2.01. The van der Waals surface area contributed by atoms with Crippen LogP contribution in [0.3, 0.4) is 0 Å². The molecule has 5 heteroatoms. The van der Waals surface area contributed by atoms with Crippen molar-refractivity contribution in [2.45, 2.75) is 0 Å². The van der Waals surface area contributed by atoms with Gasteiger partial charge >= 0.3 is 7.69 Å². The average molecular weight is 365 g/mol. The van der Waals surface area contributed by atoms with Gasteiger partial charge in [-0.15, -0.1) is 0 Å². The lowest BCUT2D eigenvalue weighted by molar-refractivity contribution is 0.452. The van der Waals surface area contributed by atoms with E-state index in [2.05, 4.69) is 44.8 Å². The van der Waals surface area contributed by atoms with Gasteiger partial charge in [0.2, 0.25) is 0 Å². The summed E-state index contributed by atoms with van der Waals surface area (Å²) < 4.78 is 8.20. The number of para-hydroxylation sites is 2. The van der Waals surface area contributed by atoms with Crippen LogP contribution in [-0.2, 0) is 0 Å². The summed E-state index contributed by atoms with van der Waals surface area (Å²) in [4.78, 5) is 0. The summed E-state index contributed by atoms with van der Waals surface area (Å²) in [7, 11) is 0.696. The van der Waals surface area contributed by atoms with Crippen molar-refractivity contribution in [3.05, 3.63) is 71.2 Å². The molecule has 0 atom stereocenters. The lowest BCUT2D eigenvalue weighted by Gasteiger charge is -2.09. The van der Waals surface area contributed by atoms with Crippen LogP contribution in [0.4, 0.5) is 0 Å². The molecule has 0 saturated heterocycles. The van der Waals surface area contributed by atoms with Crippen LogP contribution in [0, 0.1) is 0 Å². The molecule has 3 nitrogen and oxygen atoms in total. The first-order valence-corrected chi connectivity index (χ1v) is 7.99. The molecule has 23 heavy (non-hydrogen) atoms. The third kappa shape index (κ3) is 2.33. The van der Waals surface area contributed by atoms with Crippen molar-refractivity contribution in [2.75, 3.05) is 0 Å². The van der Waals surface area contributed by atoms with Crippen LogP contribution in [0.2, 0.25) is 0 Å². The minimum absolute atomic E-state index is 0.569. The maximum atomic E-state index is 8.97. The second-order valence-corrected chi connectivity index (χ2v) is 6.07. The number of hydrogen-bond acceptors (Lipinski definition) is 2. The van der Waals surface area contributed by atoms with Gasteiger partial charge in [-0.1, -0.05) is 36.4 Å². The van der Waals surface area contributed by atoms with Gasteiger partial charge in [0.05, 0.1) is 15.5 Å². The molecule has 0 saturated carbocycles. The minimum Gasteiger partial charge on any atom is -0.537 e. The summed E-state index contributed by atoms with van der Waals surface area (Å²) in [6.07, 6.45) is 0. The highest BCUT2D eigenvalue weighted by molar-refractivity contribution is 9.10. The van der Waals surface area contributed by atoms with E-state index >= 15 is 0 Å². The summed E-state index contributed by atoms with van der Waals surface area (Å²) in [5, 5.41) is 11.3. The highest BCUT2D eigenvalue weighted by atomic mass is 79.9. The Morgan fingerprint density at radius 3 is 2.39 bits per heavy atom. The fourth-order valence-electron chi connectivity index (χ4n) is 2.97. The Hall–Kier alpha value is -2.24. The Bertz CT molecular complexity index is 998. The molecule has 4 aromatic rings. The summed E-state index contributed by atoms with van der Waals surface area (Å²) in [5.74, 6) is 0.569. The van der Waals surface area contributed by atoms with E-state index in [0.29, 0.717) is 13.4 Å². The summed E-state index contributed by atoms with van der Waals surface area (Å²) in [5.41, 5.74) is 3.24. The zero-order valence-electron chi connectivity index (χ0n) is 12.1. The van der Waals surface area contributed by atoms with E-state index in [0.717, 1.165) is 26.6 Å². The summed E-state index contributed by atoms with van der Waals surface area (Å²) in [6, 6.07) is 22.4. The van der Waals surface area contributed by atoms with Crippen molar-refractivity contribution in [1.29, 1.82) is 0 Å². The normalized spacial score (nSPS) is 11.0. The number of aromatic nitrogens is 1. The third-order valence-electron chi connectivity index (χ3n) is 3.92. The SMILES string of the molecule is O[B]Oc1cc2c(cc1Br)c1ccccc1n2-c1ccccc1. The molecule has 0 spiro atoms. The van der Waals surface area contributed by atoms with Gasteiger partial charge < -0.3 is 14.2 Å². The molecule has 0 bridgehead atoms. The molecule has 111 valence electrons. The van der Waals surface area contributed by atoms with E-state index in [1.165, 1.54) is 5.39 Å². The maximum Gasteiger partial charge on any atom is 0.569 e. The topological polar surface area (TPSA) is 34.4 Å². The van der Waals surface area contributed by atoms with Crippen LogP contribution in [0.1, 0.15) is 0 Å². The van der Waals surface area contributed by atoms with Crippen molar-refractivity contribution in [3.8, 4) is 11.4 Å². The second-order valence-electron chi connectivity index (χ2n) is 5.21. The van der Waals surface area contributed by atoms with Gasteiger partial charge in [0.15, 0.2) is 0 Å². The molecule has 0 aliphatic carbocycles. The van der Waals surface area contributed by atoms with Crippen LogP contribution in [0.5, 0.6) is 5.75 Å².